The third kappa shape index (κ3) is 0.598. The molecule has 0 N–H and O–H groups in total. The molecule has 0 saturated carbocycles. The maximum absolute atomic E-state index is 4.14. The Morgan fingerprint density at radius 2 is 2.30 bits per heavy atom. The van der Waals surface area contributed by atoms with Gasteiger partial charge in [-0.3, -0.25) is 0 Å². The maximum atomic E-state index is 4.14. The van der Waals surface area contributed by atoms with Crippen molar-refractivity contribution < 1.29 is 0 Å². The van der Waals surface area contributed by atoms with Crippen LogP contribution < -0.4 is 4.67 Å². The van der Waals surface area contributed by atoms with Crippen LogP contribution in [0, 0.1) is 6.92 Å². The highest BCUT2D eigenvalue weighted by atomic mass is 14.7. The number of aryl methyl sites for hydroxylation is 1. The topological polar surface area (TPSA) is 27.0 Å². The molecule has 0 fully saturated rings. The third-order valence-electron chi connectivity index (χ3n) is 1.64. The molecule has 1 aromatic heterocycles. The van der Waals surface area contributed by atoms with E-state index in [9.17, 15) is 0 Å². The lowest BCUT2D eigenvalue weighted by Crippen LogP contribution is -1.92. The van der Waals surface area contributed by atoms with Crippen molar-refractivity contribution in [3.8, 4) is 0 Å². The molecule has 0 unspecified atom stereocenters. The summed E-state index contributed by atoms with van der Waals surface area (Å²) in [5.74, 6) is 0. The first-order valence-corrected chi connectivity index (χ1v) is 3.20. The molecule has 0 aromatic carbocycles. The van der Waals surface area contributed by atoms with Crippen LogP contribution in [0.2, 0.25) is 0 Å². The van der Waals surface area contributed by atoms with Gasteiger partial charge in [0.1, 0.15) is 0 Å². The summed E-state index contributed by atoms with van der Waals surface area (Å²) in [5.41, 5.74) is 3.38. The second-order valence-corrected chi connectivity index (χ2v) is 2.33. The predicted octanol–water partition coefficient (Wildman–Crippen LogP) is 0.309. The summed E-state index contributed by atoms with van der Waals surface area (Å²) in [5, 5.41) is 0. The quantitative estimate of drug-likeness (QED) is 0.473. The first kappa shape index (κ1) is 5.39. The number of fused-ring (bicyclic) bond motifs is 1. The molecule has 1 aromatic rings. The van der Waals surface area contributed by atoms with Crippen LogP contribution in [0.3, 0.4) is 0 Å². The molecule has 0 atom stereocenters. The van der Waals surface area contributed by atoms with Gasteiger partial charge < -0.3 is 0 Å². The van der Waals surface area contributed by atoms with Crippen LogP contribution in [0.4, 0.5) is 0 Å². The number of aromatic nitrogens is 1. The zero-order chi connectivity index (χ0) is 6.97. The van der Waals surface area contributed by atoms with Crippen LogP contribution in [0.1, 0.15) is 16.8 Å². The van der Waals surface area contributed by atoms with Crippen molar-refractivity contribution in [3.63, 3.8) is 0 Å². The van der Waals surface area contributed by atoms with Gasteiger partial charge in [0.15, 0.2) is 5.69 Å². The van der Waals surface area contributed by atoms with Crippen molar-refractivity contribution in [2.24, 2.45) is 0 Å². The number of nitrogens with zero attached hydrogens (tertiary/aromatic N) is 2. The second-order valence-electron chi connectivity index (χ2n) is 2.33. The van der Waals surface area contributed by atoms with Crippen LogP contribution in [0.25, 0.3) is 0 Å². The third-order valence-corrected chi connectivity index (χ3v) is 1.64. The fourth-order valence-corrected chi connectivity index (χ4v) is 1.04. The lowest BCUT2D eigenvalue weighted by atomic mass is 10.1. The summed E-state index contributed by atoms with van der Waals surface area (Å²) in [6.45, 7) is 2.06. The van der Waals surface area contributed by atoms with Crippen molar-refractivity contribution in [2.75, 3.05) is 0 Å². The molecule has 10 heavy (non-hydrogen) atoms. The Morgan fingerprint density at radius 1 is 1.40 bits per heavy atom. The van der Waals surface area contributed by atoms with Crippen LogP contribution in [0.15, 0.2) is 12.3 Å². The minimum Gasteiger partial charge on any atom is -0.248 e. The molecule has 2 rings (SSSR count). The zero-order valence-electron chi connectivity index (χ0n) is 5.70. The monoisotopic (exact) mass is 131 g/mol. The summed E-state index contributed by atoms with van der Waals surface area (Å²) in [6, 6.07) is 1.99. The molecule has 1 aliphatic rings. The summed E-state index contributed by atoms with van der Waals surface area (Å²) in [7, 11) is 0. The average molecular weight is 131 g/mol. The van der Waals surface area contributed by atoms with E-state index in [1.165, 1.54) is 5.56 Å². The molecule has 0 aliphatic carbocycles. The van der Waals surface area contributed by atoms with Crippen LogP contribution >= 0.6 is 0 Å². The molecule has 2 nitrogen and oxygen atoms in total. The molecule has 0 bridgehead atoms. The Hall–Kier alpha value is -1.40. The summed E-state index contributed by atoms with van der Waals surface area (Å²) in [4.78, 5) is 4.14. The molecule has 0 spiro atoms. The lowest BCUT2D eigenvalue weighted by Gasteiger charge is -1.91. The van der Waals surface area contributed by atoms with Gasteiger partial charge in [0.05, 0.1) is 5.56 Å². The van der Waals surface area contributed by atoms with E-state index in [0.717, 1.165) is 11.3 Å². The van der Waals surface area contributed by atoms with Crippen molar-refractivity contribution in [1.29, 1.82) is 0 Å². The molecule has 1 aliphatic heterocycles. The van der Waals surface area contributed by atoms with Gasteiger partial charge >= 0.3 is 12.4 Å². The summed E-state index contributed by atoms with van der Waals surface area (Å²) in [6.07, 6.45) is 5.43. The van der Waals surface area contributed by atoms with Crippen molar-refractivity contribution in [1.82, 2.24) is 9.65 Å². The van der Waals surface area contributed by atoms with Crippen LogP contribution in [0.5, 0.6) is 0 Å². The van der Waals surface area contributed by atoms with E-state index in [0.29, 0.717) is 0 Å². The number of pyridine rings is 1. The largest absolute Gasteiger partial charge is 0.318 e. The normalized spacial score (nSPS) is 12.1. The fraction of sp³-hybridized carbons (Fsp3) is 0.125. The number of hydrogen-bond donors (Lipinski definition) is 0. The molecule has 2 heterocycles. The van der Waals surface area contributed by atoms with Gasteiger partial charge in [0.25, 0.3) is 0 Å². The van der Waals surface area contributed by atoms with Gasteiger partial charge in [-0.25, -0.2) is 4.98 Å². The SMILES string of the molecule is Cc1ccnc2c1C=[N+]=C2. The molecule has 48 valence electrons. The highest BCUT2D eigenvalue weighted by Gasteiger charge is 2.13. The zero-order valence-corrected chi connectivity index (χ0v) is 5.70. The van der Waals surface area contributed by atoms with Crippen molar-refractivity contribution >= 4 is 12.4 Å². The average Bonchev–Trinajstić information content (AvgIpc) is 2.36. The highest BCUT2D eigenvalue weighted by molar-refractivity contribution is 5.99. The van der Waals surface area contributed by atoms with Crippen LogP contribution in [-0.2, 0) is 0 Å². The Morgan fingerprint density at radius 3 is 3.10 bits per heavy atom. The van der Waals surface area contributed by atoms with Gasteiger partial charge in [-0.05, 0) is 18.6 Å². The standard InChI is InChI=1S/C8H7N2/c1-6-2-3-10-8-5-9-4-7(6)8/h2-5H,1H3/q+1. The first-order valence-electron chi connectivity index (χ1n) is 3.20. The molecule has 2 heteroatoms. The van der Waals surface area contributed by atoms with Gasteiger partial charge in [0, 0.05) is 6.20 Å². The lowest BCUT2D eigenvalue weighted by molar-refractivity contribution is 1.26. The second kappa shape index (κ2) is 1.79. The fourth-order valence-electron chi connectivity index (χ4n) is 1.04. The van der Waals surface area contributed by atoms with E-state index in [1.54, 1.807) is 12.4 Å². The van der Waals surface area contributed by atoms with Gasteiger partial charge in [0.2, 0.25) is 0 Å². The molecule has 0 amide bonds. The van der Waals surface area contributed by atoms with E-state index in [4.69, 9.17) is 0 Å². The Balaban J connectivity index is 2.75. The van der Waals surface area contributed by atoms with Gasteiger partial charge in [-0.1, -0.05) is 4.67 Å². The predicted molar refractivity (Wildman–Crippen MR) is 41.4 cm³/mol. The Labute approximate surface area is 59.0 Å². The molecule has 0 radical (unpaired) electrons. The summed E-state index contributed by atoms with van der Waals surface area (Å²) < 4.78 is 4.00. The van der Waals surface area contributed by atoms with E-state index < -0.39 is 0 Å². The van der Waals surface area contributed by atoms with Gasteiger partial charge in [-0.15, -0.1) is 0 Å². The van der Waals surface area contributed by atoms with Crippen molar-refractivity contribution in [3.05, 3.63) is 29.1 Å². The Bertz CT molecular complexity index is 333. The first-order chi connectivity index (χ1) is 4.88. The number of rotatable bonds is 0. The number of hydrogen-bond acceptors (Lipinski definition) is 1. The van der Waals surface area contributed by atoms with E-state index in [1.807, 2.05) is 12.3 Å². The molecular weight excluding hydrogens is 124 g/mol. The molecular formula is C8H7N2+. The van der Waals surface area contributed by atoms with Crippen LogP contribution in [-0.4, -0.2) is 17.4 Å². The smallest absolute Gasteiger partial charge is 0.248 e. The minimum absolute atomic E-state index is 0.986. The molecule has 0 saturated heterocycles. The van der Waals surface area contributed by atoms with E-state index >= 15 is 0 Å². The Kier molecular flexibility index (Phi) is 0.965. The summed E-state index contributed by atoms with van der Waals surface area (Å²) >= 11 is 0. The van der Waals surface area contributed by atoms with E-state index in [2.05, 4.69) is 16.6 Å². The van der Waals surface area contributed by atoms with Gasteiger partial charge in [-0.2, -0.15) is 0 Å². The minimum atomic E-state index is 0.986. The maximum Gasteiger partial charge on any atom is 0.318 e. The highest BCUT2D eigenvalue weighted by Crippen LogP contribution is 2.07. The van der Waals surface area contributed by atoms with Crippen molar-refractivity contribution in [2.45, 2.75) is 6.92 Å². The van der Waals surface area contributed by atoms with E-state index in [-0.39, 0.29) is 0 Å².